The van der Waals surface area contributed by atoms with E-state index in [1.54, 1.807) is 12.5 Å². The number of likely N-dealkylation sites (tertiary alicyclic amines) is 1. The first kappa shape index (κ1) is 16.3. The summed E-state index contributed by atoms with van der Waals surface area (Å²) in [5.41, 5.74) is 2.01. The first-order valence-corrected chi connectivity index (χ1v) is 9.17. The molecule has 4 rings (SSSR count). The van der Waals surface area contributed by atoms with Gasteiger partial charge in [-0.05, 0) is 42.7 Å². The molecule has 0 bridgehead atoms. The predicted molar refractivity (Wildman–Crippen MR) is 95.1 cm³/mol. The number of amides is 1. The molecule has 1 amide bonds. The Balaban J connectivity index is 1.33. The first-order chi connectivity index (χ1) is 12.1. The molecule has 1 aliphatic carbocycles. The summed E-state index contributed by atoms with van der Waals surface area (Å²) in [6.07, 6.45) is 9.32. The molecule has 1 fully saturated rings. The standard InChI is InChI=1S/C20H25N3O2/c24-19(13-17-6-5-16-3-1-2-4-18(16)17)23-10-7-20(25,8-11-23)14-22-12-9-21-15-22/h1-4,9,12,15,17,25H,5-8,10-11,13-14H2/t17-/m0/s1. The maximum atomic E-state index is 12.7. The van der Waals surface area contributed by atoms with Gasteiger partial charge in [-0.2, -0.15) is 0 Å². The fraction of sp³-hybridized carbons (Fsp3) is 0.500. The van der Waals surface area contributed by atoms with Gasteiger partial charge in [-0.15, -0.1) is 0 Å². The minimum Gasteiger partial charge on any atom is -0.388 e. The van der Waals surface area contributed by atoms with Crippen LogP contribution in [-0.4, -0.2) is 44.2 Å². The Bertz CT molecular complexity index is 733. The van der Waals surface area contributed by atoms with Gasteiger partial charge in [0.15, 0.2) is 0 Å². The molecule has 1 aromatic carbocycles. The zero-order valence-corrected chi connectivity index (χ0v) is 14.5. The number of hydrogen-bond acceptors (Lipinski definition) is 3. The number of carbonyl (C=O) groups excluding carboxylic acids is 1. The SMILES string of the molecule is O=C(C[C@@H]1CCc2ccccc21)N1CCC(O)(Cn2ccnc2)CC1. The Morgan fingerprint density at radius 1 is 1.28 bits per heavy atom. The fourth-order valence-electron chi connectivity index (χ4n) is 4.25. The summed E-state index contributed by atoms with van der Waals surface area (Å²) in [4.78, 5) is 18.7. The summed E-state index contributed by atoms with van der Waals surface area (Å²) >= 11 is 0. The number of piperidine rings is 1. The van der Waals surface area contributed by atoms with Crippen LogP contribution in [0.1, 0.15) is 42.7 Å². The lowest BCUT2D eigenvalue weighted by Crippen LogP contribution is -2.48. The second-order valence-electron chi connectivity index (χ2n) is 7.48. The lowest BCUT2D eigenvalue weighted by Gasteiger charge is -2.38. The summed E-state index contributed by atoms with van der Waals surface area (Å²) in [5.74, 6) is 0.585. The number of imidazole rings is 1. The van der Waals surface area contributed by atoms with Crippen LogP contribution < -0.4 is 0 Å². The molecule has 2 aromatic rings. The van der Waals surface area contributed by atoms with Crippen molar-refractivity contribution in [2.75, 3.05) is 13.1 Å². The van der Waals surface area contributed by atoms with E-state index in [1.807, 2.05) is 15.7 Å². The molecule has 1 atom stereocenters. The van der Waals surface area contributed by atoms with Crippen molar-refractivity contribution in [3.05, 3.63) is 54.1 Å². The topological polar surface area (TPSA) is 58.4 Å². The van der Waals surface area contributed by atoms with E-state index in [2.05, 4.69) is 29.2 Å². The van der Waals surface area contributed by atoms with Gasteiger partial charge in [0, 0.05) is 31.9 Å². The van der Waals surface area contributed by atoms with E-state index < -0.39 is 5.60 Å². The number of hydrogen-bond donors (Lipinski definition) is 1. The molecular formula is C20H25N3O2. The van der Waals surface area contributed by atoms with Crippen molar-refractivity contribution in [3.63, 3.8) is 0 Å². The van der Waals surface area contributed by atoms with Crippen LogP contribution in [0.4, 0.5) is 0 Å². The summed E-state index contributed by atoms with van der Waals surface area (Å²) in [5, 5.41) is 10.8. The third-order valence-corrected chi connectivity index (χ3v) is 5.76. The average Bonchev–Trinajstić information content (AvgIpc) is 3.25. The van der Waals surface area contributed by atoms with Crippen molar-refractivity contribution in [2.45, 2.75) is 50.2 Å². The summed E-state index contributed by atoms with van der Waals surface area (Å²) < 4.78 is 1.91. The normalized spacial score (nSPS) is 22.0. The highest BCUT2D eigenvalue weighted by molar-refractivity contribution is 5.77. The Morgan fingerprint density at radius 2 is 2.08 bits per heavy atom. The van der Waals surface area contributed by atoms with E-state index in [4.69, 9.17) is 0 Å². The molecule has 1 saturated heterocycles. The van der Waals surface area contributed by atoms with E-state index in [-0.39, 0.29) is 5.91 Å². The van der Waals surface area contributed by atoms with Crippen LogP contribution in [0.5, 0.6) is 0 Å². The number of fused-ring (bicyclic) bond motifs is 1. The molecule has 5 nitrogen and oxygen atoms in total. The number of aliphatic hydroxyl groups is 1. The van der Waals surface area contributed by atoms with Crippen molar-refractivity contribution in [3.8, 4) is 0 Å². The lowest BCUT2D eigenvalue weighted by molar-refractivity contribution is -0.136. The molecule has 0 spiro atoms. The van der Waals surface area contributed by atoms with Gasteiger partial charge in [0.1, 0.15) is 0 Å². The third-order valence-electron chi connectivity index (χ3n) is 5.76. The zero-order valence-electron chi connectivity index (χ0n) is 14.5. The monoisotopic (exact) mass is 339 g/mol. The van der Waals surface area contributed by atoms with E-state index in [1.165, 1.54) is 11.1 Å². The molecule has 25 heavy (non-hydrogen) atoms. The van der Waals surface area contributed by atoms with Crippen LogP contribution in [0.25, 0.3) is 0 Å². The van der Waals surface area contributed by atoms with Crippen LogP contribution >= 0.6 is 0 Å². The lowest BCUT2D eigenvalue weighted by atomic mass is 9.90. The Morgan fingerprint density at radius 3 is 2.84 bits per heavy atom. The van der Waals surface area contributed by atoms with Crippen LogP contribution in [-0.2, 0) is 17.8 Å². The van der Waals surface area contributed by atoms with Crippen molar-refractivity contribution < 1.29 is 9.90 Å². The Kier molecular flexibility index (Phi) is 4.34. The molecule has 1 N–H and O–H groups in total. The van der Waals surface area contributed by atoms with Crippen LogP contribution in [0.2, 0.25) is 0 Å². The molecule has 2 aliphatic rings. The molecule has 0 radical (unpaired) electrons. The second kappa shape index (κ2) is 6.64. The molecule has 1 aliphatic heterocycles. The van der Waals surface area contributed by atoms with Crippen molar-refractivity contribution >= 4 is 5.91 Å². The van der Waals surface area contributed by atoms with E-state index in [0.717, 1.165) is 12.8 Å². The van der Waals surface area contributed by atoms with E-state index in [9.17, 15) is 9.90 Å². The number of benzene rings is 1. The van der Waals surface area contributed by atoms with Gasteiger partial charge < -0.3 is 14.6 Å². The maximum Gasteiger partial charge on any atom is 0.223 e. The number of aromatic nitrogens is 2. The number of rotatable bonds is 4. The molecule has 0 saturated carbocycles. The molecule has 0 unspecified atom stereocenters. The van der Waals surface area contributed by atoms with Crippen LogP contribution in [0.15, 0.2) is 43.0 Å². The van der Waals surface area contributed by atoms with Gasteiger partial charge in [0.25, 0.3) is 0 Å². The fourth-order valence-corrected chi connectivity index (χ4v) is 4.25. The quantitative estimate of drug-likeness (QED) is 0.930. The third kappa shape index (κ3) is 3.47. The molecule has 132 valence electrons. The minimum absolute atomic E-state index is 0.228. The zero-order chi connectivity index (χ0) is 17.3. The van der Waals surface area contributed by atoms with Gasteiger partial charge in [0.05, 0.1) is 18.5 Å². The smallest absolute Gasteiger partial charge is 0.223 e. The Labute approximate surface area is 148 Å². The van der Waals surface area contributed by atoms with Crippen molar-refractivity contribution in [1.29, 1.82) is 0 Å². The van der Waals surface area contributed by atoms with Gasteiger partial charge >= 0.3 is 0 Å². The highest BCUT2D eigenvalue weighted by Crippen LogP contribution is 2.36. The number of carbonyl (C=O) groups is 1. The second-order valence-corrected chi connectivity index (χ2v) is 7.48. The molecule has 5 heteroatoms. The number of nitrogens with zero attached hydrogens (tertiary/aromatic N) is 3. The largest absolute Gasteiger partial charge is 0.388 e. The van der Waals surface area contributed by atoms with Gasteiger partial charge in [-0.1, -0.05) is 24.3 Å². The van der Waals surface area contributed by atoms with Crippen molar-refractivity contribution in [1.82, 2.24) is 14.5 Å². The van der Waals surface area contributed by atoms with Crippen LogP contribution in [0.3, 0.4) is 0 Å². The van der Waals surface area contributed by atoms with Gasteiger partial charge in [-0.25, -0.2) is 4.98 Å². The molecule has 1 aromatic heterocycles. The summed E-state index contributed by atoms with van der Waals surface area (Å²) in [6.45, 7) is 1.82. The molecule has 2 heterocycles. The van der Waals surface area contributed by atoms with Gasteiger partial charge in [0.2, 0.25) is 5.91 Å². The highest BCUT2D eigenvalue weighted by Gasteiger charge is 2.35. The average molecular weight is 339 g/mol. The highest BCUT2D eigenvalue weighted by atomic mass is 16.3. The minimum atomic E-state index is -0.739. The summed E-state index contributed by atoms with van der Waals surface area (Å²) in [6, 6.07) is 8.49. The summed E-state index contributed by atoms with van der Waals surface area (Å²) in [7, 11) is 0. The van der Waals surface area contributed by atoms with E-state index >= 15 is 0 Å². The van der Waals surface area contributed by atoms with E-state index in [0.29, 0.717) is 44.8 Å². The van der Waals surface area contributed by atoms with Gasteiger partial charge in [-0.3, -0.25) is 4.79 Å². The van der Waals surface area contributed by atoms with Crippen LogP contribution in [0, 0.1) is 0 Å². The van der Waals surface area contributed by atoms with Crippen molar-refractivity contribution in [2.24, 2.45) is 0 Å². The number of aryl methyl sites for hydroxylation is 1. The predicted octanol–water partition coefficient (Wildman–Crippen LogP) is 2.36. The first-order valence-electron chi connectivity index (χ1n) is 9.17. The maximum absolute atomic E-state index is 12.7. The Hall–Kier alpha value is -2.14. The molecular weight excluding hydrogens is 314 g/mol.